The molecule has 0 amide bonds. The molecule has 0 fully saturated rings. The second kappa shape index (κ2) is 5.85. The molecule has 0 aliphatic carbocycles. The van der Waals surface area contributed by atoms with Crippen LogP contribution in [-0.4, -0.2) is 7.05 Å². The van der Waals surface area contributed by atoms with E-state index >= 15 is 0 Å². The second-order valence-corrected chi connectivity index (χ2v) is 5.24. The summed E-state index contributed by atoms with van der Waals surface area (Å²) >= 11 is 6.09. The van der Waals surface area contributed by atoms with Crippen molar-refractivity contribution in [1.82, 2.24) is 0 Å². The Hall–Kier alpha value is -2.18. The summed E-state index contributed by atoms with van der Waals surface area (Å²) in [7, 11) is 1.99. The highest BCUT2D eigenvalue weighted by Crippen LogP contribution is 2.29. The first-order valence-electron chi connectivity index (χ1n) is 6.27. The van der Waals surface area contributed by atoms with E-state index in [4.69, 9.17) is 22.6 Å². The zero-order valence-electron chi connectivity index (χ0n) is 11.5. The number of aryl methyl sites for hydroxylation is 1. The molecule has 0 aromatic heterocycles. The van der Waals surface area contributed by atoms with Crippen molar-refractivity contribution in [3.63, 3.8) is 0 Å². The Morgan fingerprint density at radius 2 is 2.05 bits per heavy atom. The smallest absolute Gasteiger partial charge is 0.0991 e. The maximum absolute atomic E-state index is 8.93. The predicted octanol–water partition coefficient (Wildman–Crippen LogP) is 3.74. The van der Waals surface area contributed by atoms with Gasteiger partial charge in [-0.1, -0.05) is 23.7 Å². The van der Waals surface area contributed by atoms with Crippen molar-refractivity contribution >= 4 is 23.0 Å². The van der Waals surface area contributed by atoms with Crippen molar-refractivity contribution in [3.8, 4) is 6.07 Å². The summed E-state index contributed by atoms with van der Waals surface area (Å²) in [5.74, 6) is 0. The van der Waals surface area contributed by atoms with E-state index in [1.807, 2.05) is 44.3 Å². The number of hydrogen-bond acceptors (Lipinski definition) is 3. The van der Waals surface area contributed by atoms with E-state index in [2.05, 4.69) is 11.0 Å². The third-order valence-electron chi connectivity index (χ3n) is 3.20. The van der Waals surface area contributed by atoms with Crippen LogP contribution in [0.5, 0.6) is 0 Å². The molecule has 2 N–H and O–H groups in total. The van der Waals surface area contributed by atoms with E-state index in [9.17, 15) is 0 Å². The van der Waals surface area contributed by atoms with Crippen LogP contribution in [0.15, 0.2) is 36.4 Å². The highest BCUT2D eigenvalue weighted by atomic mass is 35.5. The van der Waals surface area contributed by atoms with E-state index in [-0.39, 0.29) is 0 Å². The van der Waals surface area contributed by atoms with Gasteiger partial charge in [-0.3, -0.25) is 0 Å². The largest absolute Gasteiger partial charge is 0.398 e. The Kier molecular flexibility index (Phi) is 4.16. The maximum atomic E-state index is 8.93. The Labute approximate surface area is 124 Å². The number of rotatable bonds is 3. The fraction of sp³-hybridized carbons (Fsp3) is 0.188. The molecule has 0 saturated carbocycles. The van der Waals surface area contributed by atoms with Gasteiger partial charge in [0.05, 0.1) is 22.3 Å². The zero-order chi connectivity index (χ0) is 14.7. The molecular formula is C16H16ClN3. The SMILES string of the molecule is Cc1cc(N)c(Cl)cc1N(C)Cc1cccc(C#N)c1. The van der Waals surface area contributed by atoms with Crippen LogP contribution in [0.1, 0.15) is 16.7 Å². The van der Waals surface area contributed by atoms with E-state index in [0.29, 0.717) is 22.8 Å². The van der Waals surface area contributed by atoms with Crippen LogP contribution >= 0.6 is 11.6 Å². The molecule has 0 saturated heterocycles. The molecule has 20 heavy (non-hydrogen) atoms. The fourth-order valence-corrected chi connectivity index (χ4v) is 2.36. The third-order valence-corrected chi connectivity index (χ3v) is 3.53. The quantitative estimate of drug-likeness (QED) is 0.874. The second-order valence-electron chi connectivity index (χ2n) is 4.83. The number of nitrogen functional groups attached to an aromatic ring is 1. The molecule has 102 valence electrons. The predicted molar refractivity (Wildman–Crippen MR) is 83.9 cm³/mol. The molecule has 0 unspecified atom stereocenters. The normalized spacial score (nSPS) is 10.1. The van der Waals surface area contributed by atoms with Crippen molar-refractivity contribution in [2.75, 3.05) is 17.7 Å². The number of nitriles is 1. The maximum Gasteiger partial charge on any atom is 0.0991 e. The van der Waals surface area contributed by atoms with Crippen LogP contribution in [0.25, 0.3) is 0 Å². The highest BCUT2D eigenvalue weighted by Gasteiger charge is 2.09. The zero-order valence-corrected chi connectivity index (χ0v) is 12.3. The van der Waals surface area contributed by atoms with E-state index in [1.165, 1.54) is 0 Å². The van der Waals surface area contributed by atoms with Crippen molar-refractivity contribution in [2.24, 2.45) is 0 Å². The van der Waals surface area contributed by atoms with Crippen LogP contribution in [0.2, 0.25) is 5.02 Å². The number of halogens is 1. The van der Waals surface area contributed by atoms with Crippen molar-refractivity contribution in [3.05, 3.63) is 58.1 Å². The lowest BCUT2D eigenvalue weighted by atomic mass is 10.1. The molecule has 0 spiro atoms. The Bertz CT molecular complexity index is 674. The molecule has 0 aliphatic rings. The Morgan fingerprint density at radius 3 is 2.75 bits per heavy atom. The minimum absolute atomic E-state index is 0.559. The molecule has 0 radical (unpaired) electrons. The minimum atomic E-state index is 0.559. The third kappa shape index (κ3) is 3.04. The molecule has 0 bridgehead atoms. The molecule has 3 nitrogen and oxygen atoms in total. The first-order chi connectivity index (χ1) is 9.51. The van der Waals surface area contributed by atoms with Gasteiger partial charge in [0.2, 0.25) is 0 Å². The average molecular weight is 286 g/mol. The number of hydrogen-bond donors (Lipinski definition) is 1. The van der Waals surface area contributed by atoms with Crippen molar-refractivity contribution in [2.45, 2.75) is 13.5 Å². The molecule has 0 heterocycles. The Balaban J connectivity index is 2.26. The van der Waals surface area contributed by atoms with Gasteiger partial charge in [-0.15, -0.1) is 0 Å². The number of nitrogens with two attached hydrogens (primary N) is 1. The van der Waals surface area contributed by atoms with Crippen molar-refractivity contribution in [1.29, 1.82) is 5.26 Å². The van der Waals surface area contributed by atoms with Crippen LogP contribution in [0, 0.1) is 18.3 Å². The topological polar surface area (TPSA) is 53.0 Å². The lowest BCUT2D eigenvalue weighted by Gasteiger charge is -2.22. The number of nitrogens with zero attached hydrogens (tertiary/aromatic N) is 2. The summed E-state index contributed by atoms with van der Waals surface area (Å²) < 4.78 is 0. The average Bonchev–Trinajstić information content (AvgIpc) is 2.43. The molecule has 2 aromatic rings. The molecule has 2 rings (SSSR count). The van der Waals surface area contributed by atoms with Gasteiger partial charge in [0.1, 0.15) is 0 Å². The summed E-state index contributed by atoms with van der Waals surface area (Å²) in [5.41, 5.74) is 10.2. The lowest BCUT2D eigenvalue weighted by Crippen LogP contribution is -2.17. The van der Waals surface area contributed by atoms with E-state index < -0.39 is 0 Å². The van der Waals surface area contributed by atoms with Gasteiger partial charge < -0.3 is 10.6 Å². The number of anilines is 2. The molecule has 2 aromatic carbocycles. The summed E-state index contributed by atoms with van der Waals surface area (Å²) in [6.07, 6.45) is 0. The van der Waals surface area contributed by atoms with Gasteiger partial charge in [-0.25, -0.2) is 0 Å². The Morgan fingerprint density at radius 1 is 1.30 bits per heavy atom. The lowest BCUT2D eigenvalue weighted by molar-refractivity contribution is 0.917. The van der Waals surface area contributed by atoms with Crippen LogP contribution in [0.4, 0.5) is 11.4 Å². The van der Waals surface area contributed by atoms with Crippen LogP contribution < -0.4 is 10.6 Å². The monoisotopic (exact) mass is 285 g/mol. The van der Waals surface area contributed by atoms with Gasteiger partial charge in [0, 0.05) is 19.3 Å². The molecule has 4 heteroatoms. The van der Waals surface area contributed by atoms with E-state index in [1.54, 1.807) is 6.07 Å². The summed E-state index contributed by atoms with van der Waals surface area (Å²) in [6, 6.07) is 13.5. The van der Waals surface area contributed by atoms with Gasteiger partial charge in [0.25, 0.3) is 0 Å². The molecule has 0 atom stereocenters. The summed E-state index contributed by atoms with van der Waals surface area (Å²) in [4.78, 5) is 2.09. The van der Waals surface area contributed by atoms with Crippen LogP contribution in [-0.2, 0) is 6.54 Å². The summed E-state index contributed by atoms with van der Waals surface area (Å²) in [6.45, 7) is 2.71. The number of benzene rings is 2. The first kappa shape index (κ1) is 14.2. The first-order valence-corrected chi connectivity index (χ1v) is 6.65. The molecular weight excluding hydrogens is 270 g/mol. The van der Waals surface area contributed by atoms with E-state index in [0.717, 1.165) is 16.8 Å². The van der Waals surface area contributed by atoms with Gasteiger partial charge >= 0.3 is 0 Å². The highest BCUT2D eigenvalue weighted by molar-refractivity contribution is 6.33. The molecule has 0 aliphatic heterocycles. The van der Waals surface area contributed by atoms with Gasteiger partial charge in [-0.2, -0.15) is 5.26 Å². The summed E-state index contributed by atoms with van der Waals surface area (Å²) in [5, 5.41) is 9.49. The van der Waals surface area contributed by atoms with Gasteiger partial charge in [-0.05, 0) is 42.3 Å². The fourth-order valence-electron chi connectivity index (χ4n) is 2.20. The van der Waals surface area contributed by atoms with Gasteiger partial charge in [0.15, 0.2) is 0 Å². The van der Waals surface area contributed by atoms with Crippen molar-refractivity contribution < 1.29 is 0 Å². The standard InChI is InChI=1S/C16H16ClN3/c1-11-6-15(19)14(17)8-16(11)20(2)10-13-5-3-4-12(7-13)9-18/h3-8H,10,19H2,1-2H3. The van der Waals surface area contributed by atoms with Crippen LogP contribution in [0.3, 0.4) is 0 Å². The minimum Gasteiger partial charge on any atom is -0.398 e.